The van der Waals surface area contributed by atoms with Gasteiger partial charge in [-0.05, 0) is 120 Å². The van der Waals surface area contributed by atoms with Crippen LogP contribution in [0.2, 0.25) is 0 Å². The highest BCUT2D eigenvalue weighted by Crippen LogP contribution is 2.32. The zero-order chi connectivity index (χ0) is 79.0. The highest BCUT2D eigenvalue weighted by Gasteiger charge is 2.45. The van der Waals surface area contributed by atoms with Crippen molar-refractivity contribution in [2.45, 2.75) is 276 Å². The first kappa shape index (κ1) is 90.0. The molecular weight excluding hydrogens is 1370 g/mol. The Morgan fingerprint density at radius 1 is 0.491 bits per heavy atom. The van der Waals surface area contributed by atoms with Gasteiger partial charge < -0.3 is 70.3 Å². The first-order chi connectivity index (χ1) is 49.8. The normalized spacial score (nSPS) is 27.3. The van der Waals surface area contributed by atoms with E-state index in [1.165, 1.54) is 80.8 Å². The smallest absolute Gasteiger partial charge is 0.260 e. The van der Waals surface area contributed by atoms with Gasteiger partial charge in [0.15, 0.2) is 0 Å². The monoisotopic (exact) mass is 1500 g/mol. The summed E-state index contributed by atoms with van der Waals surface area (Å²) in [5.74, 6) is -12.4. The predicted octanol–water partition coefficient (Wildman–Crippen LogP) is 5.04. The quantitative estimate of drug-likeness (QED) is 0.0998. The second kappa shape index (κ2) is 43.0. The zero-order valence-corrected chi connectivity index (χ0v) is 66.9. The topological polar surface area (TPSA) is 312 Å². The fraction of sp³-hybridized carbons (Fsp3) is 0.844. The van der Waals surface area contributed by atoms with E-state index in [1.807, 2.05) is 55.4 Å². The SMILES string of the molecule is CC(C)CCOC[C@@H]1NC(=O)[C@H](CCN2CCCC(F)(F)C2)N(C)C(=O)[C@H](CC2CCCCC2)N(C)C(=O)CN(C)C(=O)[C@H]([C@@H](C)O)NC(=O)[C@H](CC(C)C)N(C)C(=O)[C@H](CC(C)C)NC(=O)[C@H](CC2CCCCC2)N(C)C(=O)CN(C)C(=O)C[C@@H](C(=O)N2CCCCC2)NC(=O)[C@H](CC(C)C)N(C)C1=O. The first-order valence-corrected chi connectivity index (χ1v) is 39.5. The molecule has 0 bridgehead atoms. The number of aliphatic hydroxyl groups is 1. The van der Waals surface area contributed by atoms with E-state index in [2.05, 4.69) is 21.3 Å². The number of likely N-dealkylation sites (N-methyl/N-ethyl adjacent to an activating group) is 7. The molecule has 3 heterocycles. The number of amides is 12. The molecule has 2 aliphatic carbocycles. The van der Waals surface area contributed by atoms with Gasteiger partial charge >= 0.3 is 0 Å². The molecule has 29 heteroatoms. The number of ether oxygens (including phenoxy) is 1. The van der Waals surface area contributed by atoms with Crippen LogP contribution in [0.4, 0.5) is 8.78 Å². The molecule has 0 aromatic rings. The minimum atomic E-state index is -3.03. The molecule has 0 aromatic heterocycles. The Morgan fingerprint density at radius 3 is 1.47 bits per heavy atom. The van der Waals surface area contributed by atoms with E-state index in [1.54, 1.807) is 4.90 Å². The number of piperidine rings is 2. The van der Waals surface area contributed by atoms with Gasteiger partial charge in [-0.25, -0.2) is 8.78 Å². The number of hydrogen-bond acceptors (Lipinski definition) is 15. The van der Waals surface area contributed by atoms with Crippen LogP contribution in [0.1, 0.15) is 210 Å². The number of hydrogen-bond donors (Lipinski definition) is 5. The third-order valence-electron chi connectivity index (χ3n) is 22.1. The minimum absolute atomic E-state index is 0.0173. The van der Waals surface area contributed by atoms with Crippen LogP contribution in [0.25, 0.3) is 0 Å². The molecule has 3 aliphatic heterocycles. The molecule has 604 valence electrons. The molecule has 5 fully saturated rings. The van der Waals surface area contributed by atoms with Gasteiger partial charge in [0.25, 0.3) is 5.92 Å². The average Bonchev–Trinajstić information content (AvgIpc) is 0.823. The van der Waals surface area contributed by atoms with Crippen LogP contribution >= 0.6 is 0 Å². The van der Waals surface area contributed by atoms with Gasteiger partial charge in [-0.1, -0.05) is 120 Å². The van der Waals surface area contributed by atoms with E-state index in [9.17, 15) is 33.9 Å². The fourth-order valence-corrected chi connectivity index (χ4v) is 15.4. The van der Waals surface area contributed by atoms with Gasteiger partial charge in [0.1, 0.15) is 54.4 Å². The Morgan fingerprint density at radius 2 is 0.953 bits per heavy atom. The number of rotatable bonds is 20. The molecule has 3 saturated heterocycles. The fourth-order valence-electron chi connectivity index (χ4n) is 15.4. The summed E-state index contributed by atoms with van der Waals surface area (Å²) in [6, 6.07) is -12.5. The molecule has 10 atom stereocenters. The number of nitrogens with zero attached hydrogens (tertiary/aromatic N) is 9. The van der Waals surface area contributed by atoms with Crippen molar-refractivity contribution in [2.24, 2.45) is 35.5 Å². The lowest BCUT2D eigenvalue weighted by Crippen LogP contribution is -2.62. The lowest BCUT2D eigenvalue weighted by molar-refractivity contribution is -0.151. The first-order valence-electron chi connectivity index (χ1n) is 39.5. The minimum Gasteiger partial charge on any atom is -0.391 e. The summed E-state index contributed by atoms with van der Waals surface area (Å²) in [4.78, 5) is 192. The maximum atomic E-state index is 15.6. The van der Waals surface area contributed by atoms with Crippen molar-refractivity contribution in [1.29, 1.82) is 0 Å². The summed E-state index contributed by atoms with van der Waals surface area (Å²) in [6.45, 7) is 15.1. The van der Waals surface area contributed by atoms with Gasteiger partial charge in [0.05, 0.1) is 38.8 Å². The van der Waals surface area contributed by atoms with E-state index in [4.69, 9.17) is 4.74 Å². The Balaban J connectivity index is 1.69. The second-order valence-electron chi connectivity index (χ2n) is 33.0. The molecule has 0 spiro atoms. The summed E-state index contributed by atoms with van der Waals surface area (Å²) < 4.78 is 36.4. The number of halogens is 2. The van der Waals surface area contributed by atoms with Crippen LogP contribution in [0.15, 0.2) is 0 Å². The number of aliphatic hydroxyl groups excluding tert-OH is 1. The molecule has 12 amide bonds. The average molecular weight is 1500 g/mol. The molecule has 106 heavy (non-hydrogen) atoms. The number of likely N-dealkylation sites (tertiary alicyclic amines) is 2. The van der Waals surface area contributed by atoms with Crippen LogP contribution in [0.5, 0.6) is 0 Å². The number of carbonyl (C=O) groups excluding carboxylic acids is 12. The summed E-state index contributed by atoms with van der Waals surface area (Å²) in [5, 5.41) is 22.7. The molecule has 0 unspecified atom stereocenters. The van der Waals surface area contributed by atoms with Crippen LogP contribution in [-0.4, -0.2) is 295 Å². The number of nitrogens with one attached hydrogen (secondary N) is 4. The zero-order valence-electron chi connectivity index (χ0n) is 66.9. The van der Waals surface area contributed by atoms with Crippen molar-refractivity contribution >= 4 is 70.9 Å². The molecular formula is C77H133F2N13O14. The molecule has 5 aliphatic rings. The van der Waals surface area contributed by atoms with Crippen molar-refractivity contribution in [2.75, 3.05) is 108 Å². The summed E-state index contributed by atoms with van der Waals surface area (Å²) in [7, 11) is 9.72. The molecule has 2 saturated carbocycles. The van der Waals surface area contributed by atoms with Crippen LogP contribution < -0.4 is 21.3 Å². The van der Waals surface area contributed by atoms with Gasteiger partial charge in [0, 0.05) is 82.0 Å². The Hall–Kier alpha value is -6.62. The third-order valence-corrected chi connectivity index (χ3v) is 22.1. The van der Waals surface area contributed by atoms with E-state index < -0.39 is 170 Å². The number of carbonyl (C=O) groups is 12. The predicted molar refractivity (Wildman–Crippen MR) is 399 cm³/mol. The highest BCUT2D eigenvalue weighted by molar-refractivity contribution is 6.00. The summed E-state index contributed by atoms with van der Waals surface area (Å²) in [6.07, 6.45) is 9.20. The molecule has 0 radical (unpaired) electrons. The molecule has 5 N–H and O–H groups in total. The van der Waals surface area contributed by atoms with Gasteiger partial charge in [-0.2, -0.15) is 0 Å². The molecule has 27 nitrogen and oxygen atoms in total. The van der Waals surface area contributed by atoms with Crippen LogP contribution in [0.3, 0.4) is 0 Å². The van der Waals surface area contributed by atoms with Crippen molar-refractivity contribution in [3.05, 3.63) is 0 Å². The van der Waals surface area contributed by atoms with E-state index in [-0.39, 0.29) is 107 Å². The van der Waals surface area contributed by atoms with Gasteiger partial charge in [-0.15, -0.1) is 0 Å². The highest BCUT2D eigenvalue weighted by atomic mass is 19.3. The lowest BCUT2D eigenvalue weighted by atomic mass is 9.84. The van der Waals surface area contributed by atoms with Crippen molar-refractivity contribution in [1.82, 2.24) is 65.4 Å². The maximum Gasteiger partial charge on any atom is 0.260 e. The Labute approximate surface area is 630 Å². The van der Waals surface area contributed by atoms with Gasteiger partial charge in [0.2, 0.25) is 70.9 Å². The van der Waals surface area contributed by atoms with Crippen molar-refractivity contribution in [3.8, 4) is 0 Å². The molecule has 0 aromatic carbocycles. The maximum absolute atomic E-state index is 15.6. The summed E-state index contributed by atoms with van der Waals surface area (Å²) in [5.41, 5.74) is 0. The van der Waals surface area contributed by atoms with Crippen LogP contribution in [0, 0.1) is 35.5 Å². The third kappa shape index (κ3) is 27.5. The van der Waals surface area contributed by atoms with Crippen molar-refractivity contribution < 1.29 is 76.2 Å². The standard InChI is InChI=1S/C77H133F2N13O14/c1-49(2)32-38-106-47-58-73(102)90(16)60(40-51(5)6)69(98)81-57(74(103)92-35-24-19-25-36-92)44-64(94)84(10)45-65(95)86(12)62(42-54-27-20-17-21-28-54)70(99)80-56(39-50(3)4)72(101)89(15)61(41-52(7)8)71(100)83-67(53(9)93)76(105)85(11)46-66(96)87(13)63(43-55-29-22-18-23-30-55)75(104)88(14)59(68(97)82-58)31-37-91-34-26-33-77(78,79)48-91/h49-63,67,93H,17-48H2,1-16H3,(H,80,99)(H,81,98)(H,82,97)(H,83,100)/t53-,56+,57+,58+,59+,60+,61+,62+,63+,67+/m1/s1. The Kier molecular flexibility index (Phi) is 36.5. The van der Waals surface area contributed by atoms with Crippen molar-refractivity contribution in [3.63, 3.8) is 0 Å². The van der Waals surface area contributed by atoms with E-state index in [0.717, 1.165) is 85.3 Å². The largest absolute Gasteiger partial charge is 0.391 e. The molecule has 5 rings (SSSR count). The summed E-state index contributed by atoms with van der Waals surface area (Å²) >= 11 is 0. The second-order valence-corrected chi connectivity index (χ2v) is 33.0. The van der Waals surface area contributed by atoms with Crippen LogP contribution in [-0.2, 0) is 62.3 Å². The van der Waals surface area contributed by atoms with E-state index >= 15 is 37.5 Å². The van der Waals surface area contributed by atoms with Gasteiger partial charge in [-0.3, -0.25) is 62.4 Å². The number of alkyl halides is 2. The van der Waals surface area contributed by atoms with E-state index in [0.29, 0.717) is 32.4 Å². The Bertz CT molecular complexity index is 2920. The lowest BCUT2D eigenvalue weighted by Gasteiger charge is -2.39.